The standard InChI is InChI=1S/C52H57Cl3F2N6O5S/c1-8-52(39-17-16-36(54)27-41(39)56)34(29-51(5,6)7)26-38(45(52)37-10-9-11-40(55)46(37)57)49(65)59-19-21-67-23-25-68-24-22-66-20-18-58-43(64)28-42-48-62-61-32(4)63(48)50-44(30(2)31(3)69-50)47(60-42)33-12-14-35(53)15-13-33/h1,9-17,27,34,38,42,45H,18-26,28-29H2,2-7H3,(H,58,64)(H,59,65)/t34-,38?,42-,45-,52+/m0/s1. The molecule has 0 spiro atoms. The molecule has 5 aromatic rings. The molecule has 0 bridgehead atoms. The maximum Gasteiger partial charge on any atom is 0.223 e. The van der Waals surface area contributed by atoms with Gasteiger partial charge in [-0.25, -0.2) is 8.78 Å². The highest BCUT2D eigenvalue weighted by atomic mass is 35.5. The third kappa shape index (κ3) is 11.6. The Morgan fingerprint density at radius 3 is 2.20 bits per heavy atom. The van der Waals surface area contributed by atoms with Gasteiger partial charge in [0, 0.05) is 56.5 Å². The van der Waals surface area contributed by atoms with Crippen LogP contribution in [-0.4, -0.2) is 85.0 Å². The van der Waals surface area contributed by atoms with Crippen molar-refractivity contribution in [2.45, 2.75) is 78.2 Å². The highest BCUT2D eigenvalue weighted by Crippen LogP contribution is 2.61. The van der Waals surface area contributed by atoms with Crippen LogP contribution in [0.5, 0.6) is 0 Å². The van der Waals surface area contributed by atoms with Gasteiger partial charge in [0.1, 0.15) is 28.5 Å². The van der Waals surface area contributed by atoms with Crippen LogP contribution < -0.4 is 10.6 Å². The van der Waals surface area contributed by atoms with Crippen molar-refractivity contribution in [1.29, 1.82) is 0 Å². The fourth-order valence-electron chi connectivity index (χ4n) is 9.72. The van der Waals surface area contributed by atoms with Crippen molar-refractivity contribution in [2.75, 3.05) is 52.7 Å². The normalized spacial score (nSPS) is 19.9. The van der Waals surface area contributed by atoms with E-state index in [9.17, 15) is 9.59 Å². The van der Waals surface area contributed by atoms with Crippen LogP contribution in [0.1, 0.15) is 96.3 Å². The number of hydrogen-bond acceptors (Lipinski definition) is 9. The molecule has 1 fully saturated rings. The van der Waals surface area contributed by atoms with Crippen molar-refractivity contribution in [3.05, 3.63) is 132 Å². The second kappa shape index (κ2) is 22.6. The molecule has 3 heterocycles. The molecule has 366 valence electrons. The summed E-state index contributed by atoms with van der Waals surface area (Å²) in [4.78, 5) is 33.7. The fourth-order valence-corrected chi connectivity index (χ4v) is 11.4. The molecule has 1 aliphatic carbocycles. The molecule has 2 aromatic heterocycles. The van der Waals surface area contributed by atoms with Crippen LogP contribution in [0.25, 0.3) is 5.00 Å². The summed E-state index contributed by atoms with van der Waals surface area (Å²) in [6, 6.07) is 15.9. The number of terminal acetylenes is 1. The van der Waals surface area contributed by atoms with Crippen LogP contribution in [-0.2, 0) is 29.2 Å². The number of hydrogen-bond donors (Lipinski definition) is 2. The number of carbonyl (C=O) groups is 2. The number of aromatic nitrogens is 3. The molecule has 1 aliphatic heterocycles. The molecule has 7 rings (SSSR count). The van der Waals surface area contributed by atoms with Crippen LogP contribution in [0, 0.1) is 62.0 Å². The molecule has 5 atom stereocenters. The van der Waals surface area contributed by atoms with Gasteiger partial charge < -0.3 is 24.8 Å². The van der Waals surface area contributed by atoms with Crippen LogP contribution in [0.2, 0.25) is 15.1 Å². The molecule has 1 saturated carbocycles. The number of amides is 2. The van der Waals surface area contributed by atoms with Gasteiger partial charge in [0.2, 0.25) is 11.8 Å². The van der Waals surface area contributed by atoms with Crippen LogP contribution in [0.15, 0.2) is 65.7 Å². The first-order valence-corrected chi connectivity index (χ1v) is 24.9. The van der Waals surface area contributed by atoms with E-state index in [4.69, 9.17) is 60.4 Å². The summed E-state index contributed by atoms with van der Waals surface area (Å²) in [6.07, 6.45) is 7.30. The van der Waals surface area contributed by atoms with Gasteiger partial charge in [-0.05, 0) is 86.4 Å². The molecule has 17 heteroatoms. The van der Waals surface area contributed by atoms with Gasteiger partial charge >= 0.3 is 0 Å². The summed E-state index contributed by atoms with van der Waals surface area (Å²) in [5, 5.41) is 16.4. The van der Waals surface area contributed by atoms with Crippen molar-refractivity contribution >= 4 is 63.7 Å². The van der Waals surface area contributed by atoms with E-state index in [0.29, 0.717) is 42.9 Å². The van der Waals surface area contributed by atoms with Gasteiger partial charge in [-0.1, -0.05) is 91.8 Å². The molecule has 2 amide bonds. The first kappa shape index (κ1) is 52.1. The Morgan fingerprint density at radius 1 is 0.899 bits per heavy atom. The smallest absolute Gasteiger partial charge is 0.223 e. The van der Waals surface area contributed by atoms with Crippen molar-refractivity contribution in [3.8, 4) is 17.3 Å². The fraction of sp³-hybridized carbons (Fsp3) is 0.442. The summed E-state index contributed by atoms with van der Waals surface area (Å²) < 4.78 is 51.1. The third-order valence-electron chi connectivity index (χ3n) is 12.8. The average molecular weight is 1020 g/mol. The van der Waals surface area contributed by atoms with E-state index in [1.165, 1.54) is 12.1 Å². The Morgan fingerprint density at radius 2 is 1.55 bits per heavy atom. The van der Waals surface area contributed by atoms with Crippen LogP contribution in [0.3, 0.4) is 0 Å². The molecule has 3 aromatic carbocycles. The first-order valence-electron chi connectivity index (χ1n) is 23.0. The van der Waals surface area contributed by atoms with Gasteiger partial charge in [0.05, 0.1) is 62.2 Å². The maximum atomic E-state index is 16.0. The molecule has 1 unspecified atom stereocenters. The predicted molar refractivity (Wildman–Crippen MR) is 268 cm³/mol. The van der Waals surface area contributed by atoms with E-state index in [0.717, 1.165) is 32.3 Å². The number of thiophene rings is 1. The number of halogens is 5. The molecule has 0 radical (unpaired) electrons. The number of nitrogens with one attached hydrogen (secondary N) is 2. The van der Waals surface area contributed by atoms with Gasteiger partial charge in [-0.15, -0.1) is 28.0 Å². The molecule has 2 aliphatic rings. The SMILES string of the molecule is C#C[C@]1(c2ccc(Cl)cc2F)[C@H](CC(C)(C)C)CC(C(=O)NCCOCCOCCOCCNC(=O)C[C@@H]2N=C(c3ccc(Cl)cc3)c3c(sc(C)c3C)-n3c(C)nnc32)[C@@H]1c1cccc(Cl)c1F. The van der Waals surface area contributed by atoms with Gasteiger partial charge in [-0.2, -0.15) is 0 Å². The minimum absolute atomic E-state index is 0.0645. The van der Waals surface area contributed by atoms with Crippen molar-refractivity contribution in [1.82, 2.24) is 25.4 Å². The van der Waals surface area contributed by atoms with E-state index in [1.807, 2.05) is 35.8 Å². The van der Waals surface area contributed by atoms with Crippen molar-refractivity contribution < 1.29 is 32.6 Å². The quantitative estimate of drug-likeness (QED) is 0.0623. The Labute approximate surface area is 421 Å². The monoisotopic (exact) mass is 1020 g/mol. The second-order valence-electron chi connectivity index (χ2n) is 18.6. The Kier molecular flexibility index (Phi) is 17.0. The van der Waals surface area contributed by atoms with E-state index >= 15 is 8.78 Å². The molecular formula is C52H57Cl3F2N6O5S. The van der Waals surface area contributed by atoms with Gasteiger partial charge in [0.15, 0.2) is 5.82 Å². The van der Waals surface area contributed by atoms with Crippen molar-refractivity contribution in [2.24, 2.45) is 22.2 Å². The highest BCUT2D eigenvalue weighted by Gasteiger charge is 2.59. The summed E-state index contributed by atoms with van der Waals surface area (Å²) in [5.74, 6) is 0.226. The minimum Gasteiger partial charge on any atom is -0.377 e. The highest BCUT2D eigenvalue weighted by molar-refractivity contribution is 7.15. The first-order chi connectivity index (χ1) is 32.9. The summed E-state index contributed by atoms with van der Waals surface area (Å²) in [6.45, 7) is 14.3. The van der Waals surface area contributed by atoms with Gasteiger partial charge in [-0.3, -0.25) is 19.1 Å². The number of aryl methyl sites for hydroxylation is 2. The second-order valence-corrected chi connectivity index (χ2v) is 21.1. The number of aliphatic imine (C=N–C) groups is 1. The zero-order chi connectivity index (χ0) is 49.6. The predicted octanol–water partition coefficient (Wildman–Crippen LogP) is 10.5. The summed E-state index contributed by atoms with van der Waals surface area (Å²) in [7, 11) is 0. The molecule has 69 heavy (non-hydrogen) atoms. The number of fused-ring (bicyclic) bond motifs is 3. The number of carbonyl (C=O) groups excluding carboxylic acids is 2. The summed E-state index contributed by atoms with van der Waals surface area (Å²) in [5.41, 5.74) is 2.48. The Balaban J connectivity index is 0.857. The van der Waals surface area contributed by atoms with E-state index in [1.54, 1.807) is 35.6 Å². The lowest BCUT2D eigenvalue weighted by atomic mass is 9.62. The van der Waals surface area contributed by atoms with E-state index in [-0.39, 0.29) is 84.2 Å². The third-order valence-corrected chi connectivity index (χ3v) is 14.8. The zero-order valence-corrected chi connectivity index (χ0v) is 42.7. The zero-order valence-electron chi connectivity index (χ0n) is 39.6. The van der Waals surface area contributed by atoms with Crippen molar-refractivity contribution in [3.63, 3.8) is 0 Å². The maximum absolute atomic E-state index is 16.0. The number of nitrogens with zero attached hydrogens (tertiary/aromatic N) is 4. The van der Waals surface area contributed by atoms with Crippen LogP contribution in [0.4, 0.5) is 8.78 Å². The lowest BCUT2D eigenvalue weighted by Crippen LogP contribution is -2.41. The van der Waals surface area contributed by atoms with E-state index in [2.05, 4.69) is 61.4 Å². The van der Waals surface area contributed by atoms with E-state index < -0.39 is 40.8 Å². The lowest BCUT2D eigenvalue weighted by molar-refractivity contribution is -0.125. The summed E-state index contributed by atoms with van der Waals surface area (Å²) >= 11 is 20.4. The Bertz CT molecular complexity index is 2730. The number of benzene rings is 3. The average Bonchev–Trinajstić information content (AvgIpc) is 3.90. The molecule has 0 saturated heterocycles. The largest absolute Gasteiger partial charge is 0.377 e. The molecule has 2 N–H and O–H groups in total. The number of rotatable bonds is 19. The minimum atomic E-state index is -1.40. The van der Waals surface area contributed by atoms with Gasteiger partial charge in [0.25, 0.3) is 0 Å². The Hall–Kier alpha value is -4.72. The molecule has 11 nitrogen and oxygen atoms in total. The number of ether oxygens (including phenoxy) is 3. The van der Waals surface area contributed by atoms with Crippen LogP contribution >= 0.6 is 46.1 Å². The molecular weight excluding hydrogens is 965 g/mol. The lowest BCUT2D eigenvalue weighted by Gasteiger charge is -2.40. The topological polar surface area (TPSA) is 129 Å².